The van der Waals surface area contributed by atoms with Crippen LogP contribution in [0.5, 0.6) is 5.75 Å². The van der Waals surface area contributed by atoms with Crippen LogP contribution in [0.15, 0.2) is 24.3 Å². The topological polar surface area (TPSA) is 69.7 Å². The minimum absolute atomic E-state index is 0.160. The van der Waals surface area contributed by atoms with Gasteiger partial charge in [0.2, 0.25) is 5.67 Å². The number of alkyl halides is 4. The minimum Gasteiger partial charge on any atom is -0.467 e. The molecule has 0 N–H and O–H groups in total. The molecule has 1 aromatic carbocycles. The highest BCUT2D eigenvalue weighted by atomic mass is 32.2. The number of hydrogen-bond acceptors (Lipinski definition) is 5. The molecular weight excluding hydrogens is 368 g/mol. The van der Waals surface area contributed by atoms with Crippen molar-refractivity contribution >= 4 is 16.1 Å². The van der Waals surface area contributed by atoms with E-state index in [1.54, 1.807) is 0 Å². The zero-order valence-corrected chi connectivity index (χ0v) is 14.2. The Kier molecular flexibility index (Phi) is 5.04. The van der Waals surface area contributed by atoms with Gasteiger partial charge in [0.05, 0.1) is 7.11 Å². The number of ether oxygens (including phenoxy) is 1. The number of carbonyl (C=O) groups is 1. The van der Waals surface area contributed by atoms with Gasteiger partial charge in [0, 0.05) is 5.92 Å². The van der Waals surface area contributed by atoms with Crippen molar-refractivity contribution in [2.24, 2.45) is 5.92 Å². The fourth-order valence-electron chi connectivity index (χ4n) is 2.72. The van der Waals surface area contributed by atoms with Gasteiger partial charge >= 0.3 is 21.6 Å². The predicted octanol–water partition coefficient (Wildman–Crippen LogP) is 3.31. The van der Waals surface area contributed by atoms with Gasteiger partial charge in [-0.05, 0) is 43.4 Å². The SMILES string of the molecule is COC(=O)C(C)(F)C(c1cccc(OS(=O)(=O)C(F)(F)F)c1)C1CC1. The highest BCUT2D eigenvalue weighted by Crippen LogP contribution is 2.50. The molecule has 2 rings (SSSR count). The van der Waals surface area contributed by atoms with Gasteiger partial charge in [-0.3, -0.25) is 0 Å². The van der Waals surface area contributed by atoms with E-state index in [0.29, 0.717) is 12.8 Å². The van der Waals surface area contributed by atoms with Crippen molar-refractivity contribution in [3.8, 4) is 5.75 Å². The third-order valence-electron chi connectivity index (χ3n) is 3.97. The Morgan fingerprint density at radius 1 is 1.24 bits per heavy atom. The smallest absolute Gasteiger partial charge is 0.467 e. The predicted molar refractivity (Wildman–Crippen MR) is 79.0 cm³/mol. The molecule has 5 nitrogen and oxygen atoms in total. The highest BCUT2D eigenvalue weighted by Gasteiger charge is 2.51. The van der Waals surface area contributed by atoms with Crippen molar-refractivity contribution in [3.05, 3.63) is 29.8 Å². The third kappa shape index (κ3) is 4.05. The van der Waals surface area contributed by atoms with Crippen molar-refractivity contribution in [3.63, 3.8) is 0 Å². The maximum Gasteiger partial charge on any atom is 0.534 e. The van der Waals surface area contributed by atoms with Crippen LogP contribution in [0.25, 0.3) is 0 Å². The monoisotopic (exact) mass is 384 g/mol. The molecule has 10 heteroatoms. The number of benzene rings is 1. The van der Waals surface area contributed by atoms with Crippen molar-refractivity contribution in [2.45, 2.75) is 36.9 Å². The lowest BCUT2D eigenvalue weighted by molar-refractivity contribution is -0.155. The average Bonchev–Trinajstić information content (AvgIpc) is 3.29. The first-order valence-electron chi connectivity index (χ1n) is 7.28. The molecule has 1 fully saturated rings. The zero-order chi connectivity index (χ0) is 19.0. The van der Waals surface area contributed by atoms with E-state index in [2.05, 4.69) is 8.92 Å². The van der Waals surface area contributed by atoms with E-state index in [9.17, 15) is 30.8 Å². The van der Waals surface area contributed by atoms with Gasteiger partial charge in [0.15, 0.2) is 0 Å². The summed E-state index contributed by atoms with van der Waals surface area (Å²) in [6.45, 7) is 1.03. The van der Waals surface area contributed by atoms with Crippen LogP contribution in [-0.2, 0) is 19.6 Å². The van der Waals surface area contributed by atoms with E-state index in [0.717, 1.165) is 26.2 Å². The second kappa shape index (κ2) is 6.47. The second-order valence-electron chi connectivity index (χ2n) is 5.94. The number of rotatable bonds is 6. The summed E-state index contributed by atoms with van der Waals surface area (Å²) < 4.78 is 83.0. The lowest BCUT2D eigenvalue weighted by atomic mass is 9.81. The number of esters is 1. The van der Waals surface area contributed by atoms with Crippen LogP contribution in [0.1, 0.15) is 31.2 Å². The normalized spacial score (nSPS) is 19.0. The first kappa shape index (κ1) is 19.5. The second-order valence-corrected chi connectivity index (χ2v) is 7.48. The summed E-state index contributed by atoms with van der Waals surface area (Å²) in [5.74, 6) is -2.92. The molecule has 1 aliphatic rings. The summed E-state index contributed by atoms with van der Waals surface area (Å²) in [6.07, 6.45) is 1.26. The number of methoxy groups -OCH3 is 1. The van der Waals surface area contributed by atoms with Crippen molar-refractivity contribution < 1.29 is 39.7 Å². The molecule has 0 spiro atoms. The van der Waals surface area contributed by atoms with Gasteiger partial charge in [0.1, 0.15) is 5.75 Å². The fourth-order valence-corrected chi connectivity index (χ4v) is 3.17. The molecule has 0 heterocycles. The van der Waals surface area contributed by atoms with Crippen LogP contribution in [-0.4, -0.2) is 32.7 Å². The quantitative estimate of drug-likeness (QED) is 0.326. The summed E-state index contributed by atoms with van der Waals surface area (Å²) in [5, 5.41) is 0. The molecule has 0 aliphatic heterocycles. The average molecular weight is 384 g/mol. The van der Waals surface area contributed by atoms with Gasteiger partial charge in [-0.15, -0.1) is 0 Å². The van der Waals surface area contributed by atoms with Crippen molar-refractivity contribution in [1.82, 2.24) is 0 Å². The molecule has 25 heavy (non-hydrogen) atoms. The Morgan fingerprint density at radius 2 is 1.84 bits per heavy atom. The van der Waals surface area contributed by atoms with Crippen LogP contribution < -0.4 is 4.18 Å². The molecule has 2 unspecified atom stereocenters. The first-order chi connectivity index (χ1) is 11.4. The molecule has 0 radical (unpaired) electrons. The summed E-state index contributed by atoms with van der Waals surface area (Å²) in [6, 6.07) is 4.63. The summed E-state index contributed by atoms with van der Waals surface area (Å²) >= 11 is 0. The Morgan fingerprint density at radius 3 is 2.32 bits per heavy atom. The van der Waals surface area contributed by atoms with Gasteiger partial charge in [-0.25, -0.2) is 9.18 Å². The van der Waals surface area contributed by atoms with Crippen molar-refractivity contribution in [1.29, 1.82) is 0 Å². The molecule has 0 amide bonds. The van der Waals surface area contributed by atoms with Gasteiger partial charge in [-0.1, -0.05) is 12.1 Å². The van der Waals surface area contributed by atoms with Gasteiger partial charge in [0.25, 0.3) is 0 Å². The highest BCUT2D eigenvalue weighted by molar-refractivity contribution is 7.88. The molecule has 140 valence electrons. The summed E-state index contributed by atoms with van der Waals surface area (Å²) in [4.78, 5) is 11.8. The van der Waals surface area contributed by atoms with E-state index in [1.807, 2.05) is 0 Å². The minimum atomic E-state index is -5.84. The van der Waals surface area contributed by atoms with Crippen LogP contribution in [0.4, 0.5) is 17.6 Å². The van der Waals surface area contributed by atoms with Crippen LogP contribution in [0.2, 0.25) is 0 Å². The first-order valence-corrected chi connectivity index (χ1v) is 8.69. The molecule has 1 saturated carbocycles. The van der Waals surface area contributed by atoms with Crippen LogP contribution in [0.3, 0.4) is 0 Å². The Balaban J connectivity index is 2.38. The molecule has 0 bridgehead atoms. The fraction of sp³-hybridized carbons (Fsp3) is 0.533. The van der Waals surface area contributed by atoms with E-state index < -0.39 is 38.9 Å². The van der Waals surface area contributed by atoms with Crippen molar-refractivity contribution in [2.75, 3.05) is 7.11 Å². The molecule has 1 aromatic rings. The van der Waals surface area contributed by atoms with E-state index in [-0.39, 0.29) is 11.5 Å². The summed E-state index contributed by atoms with van der Waals surface area (Å²) in [7, 11) is -4.81. The molecular formula is C15H16F4O5S. The van der Waals surface area contributed by atoms with E-state index >= 15 is 0 Å². The largest absolute Gasteiger partial charge is 0.534 e. The Hall–Kier alpha value is -1.84. The lowest BCUT2D eigenvalue weighted by Gasteiger charge is -2.28. The number of halogens is 4. The lowest BCUT2D eigenvalue weighted by Crippen LogP contribution is -2.39. The summed E-state index contributed by atoms with van der Waals surface area (Å²) in [5.41, 5.74) is -7.84. The Labute approximate surface area is 142 Å². The standard InChI is InChI=1S/C15H16F4O5S/c1-14(16,13(20)23-2)12(9-6-7-9)10-4-3-5-11(8-10)24-25(21,22)15(17,18)19/h3-5,8-9,12H,6-7H2,1-2H3. The van der Waals surface area contributed by atoms with Crippen LogP contribution in [0, 0.1) is 5.92 Å². The molecule has 0 aromatic heterocycles. The van der Waals surface area contributed by atoms with E-state index in [1.165, 1.54) is 12.1 Å². The van der Waals surface area contributed by atoms with E-state index in [4.69, 9.17) is 0 Å². The maximum absolute atomic E-state index is 15.0. The third-order valence-corrected chi connectivity index (χ3v) is 4.95. The number of hydrogen-bond donors (Lipinski definition) is 0. The molecule has 0 saturated heterocycles. The number of carbonyl (C=O) groups excluding carboxylic acids is 1. The van der Waals surface area contributed by atoms with Gasteiger partial charge < -0.3 is 8.92 Å². The maximum atomic E-state index is 15.0. The molecule has 2 atom stereocenters. The van der Waals surface area contributed by atoms with Gasteiger partial charge in [-0.2, -0.15) is 21.6 Å². The molecule has 1 aliphatic carbocycles. The zero-order valence-electron chi connectivity index (χ0n) is 13.3. The van der Waals surface area contributed by atoms with Crippen LogP contribution >= 0.6 is 0 Å². The Bertz CT molecular complexity index is 753.